The average molecular weight is 478 g/mol. The van der Waals surface area contributed by atoms with Crippen LogP contribution in [0.5, 0.6) is 0 Å². The van der Waals surface area contributed by atoms with Crippen LogP contribution in [0.15, 0.2) is 41.8 Å². The Bertz CT molecular complexity index is 1120. The second-order valence-corrected chi connectivity index (χ2v) is 8.52. The van der Waals surface area contributed by atoms with Crippen LogP contribution in [-0.4, -0.2) is 51.2 Å². The average Bonchev–Trinajstić information content (AvgIpc) is 3.40. The van der Waals surface area contributed by atoms with Gasteiger partial charge in [0.15, 0.2) is 12.4 Å². The Morgan fingerprint density at radius 1 is 1.06 bits per heavy atom. The highest BCUT2D eigenvalue weighted by molar-refractivity contribution is 7.13. The molecule has 3 heterocycles. The van der Waals surface area contributed by atoms with Crippen LogP contribution in [0.25, 0.3) is 16.4 Å². The van der Waals surface area contributed by atoms with Crippen LogP contribution in [0.3, 0.4) is 0 Å². The first-order chi connectivity index (χ1) is 15.8. The summed E-state index contributed by atoms with van der Waals surface area (Å²) in [5.41, 5.74) is -0.750. The predicted molar refractivity (Wildman–Crippen MR) is 115 cm³/mol. The van der Waals surface area contributed by atoms with Gasteiger partial charge in [-0.3, -0.25) is 4.79 Å². The molecule has 2 aromatic heterocycles. The molecular weight excluding hydrogens is 457 g/mol. The highest BCUT2D eigenvalue weighted by atomic mass is 32.1. The van der Waals surface area contributed by atoms with E-state index < -0.39 is 24.3 Å². The number of benzene rings is 1. The number of rotatable bonds is 5. The molecule has 0 radical (unpaired) electrons. The Morgan fingerprint density at radius 2 is 1.82 bits per heavy atom. The Labute approximate surface area is 191 Å². The van der Waals surface area contributed by atoms with Gasteiger partial charge >= 0.3 is 12.1 Å². The van der Waals surface area contributed by atoms with E-state index in [-0.39, 0.29) is 23.2 Å². The maximum Gasteiger partial charge on any atom is 0.416 e. The third kappa shape index (κ3) is 5.41. The molecule has 1 fully saturated rings. The lowest BCUT2D eigenvalue weighted by atomic mass is 10.2. The van der Waals surface area contributed by atoms with Crippen LogP contribution in [-0.2, 0) is 15.7 Å². The number of carbonyl (C=O) groups is 2. The molecule has 1 aliphatic heterocycles. The van der Waals surface area contributed by atoms with Crippen LogP contribution < -0.4 is 0 Å². The molecule has 174 valence electrons. The molecule has 3 aromatic rings. The van der Waals surface area contributed by atoms with Crippen LogP contribution >= 0.6 is 11.3 Å². The summed E-state index contributed by atoms with van der Waals surface area (Å²) in [6.07, 6.45) is -0.591. The van der Waals surface area contributed by atoms with Crippen molar-refractivity contribution in [3.63, 3.8) is 0 Å². The number of esters is 1. The summed E-state index contributed by atoms with van der Waals surface area (Å²) in [5.74, 6) is -1.34. The van der Waals surface area contributed by atoms with Gasteiger partial charge in [-0.05, 0) is 42.5 Å². The molecule has 0 aliphatic carbocycles. The summed E-state index contributed by atoms with van der Waals surface area (Å²) >= 11 is 1.30. The van der Waals surface area contributed by atoms with E-state index in [4.69, 9.17) is 4.74 Å². The zero-order valence-corrected chi connectivity index (χ0v) is 18.4. The molecule has 1 amide bonds. The van der Waals surface area contributed by atoms with Crippen LogP contribution in [0.2, 0.25) is 0 Å². The molecule has 4 rings (SSSR count). The van der Waals surface area contributed by atoms with Crippen molar-refractivity contribution in [2.45, 2.75) is 31.9 Å². The molecule has 0 atom stereocenters. The predicted octanol–water partition coefficient (Wildman–Crippen LogP) is 4.57. The summed E-state index contributed by atoms with van der Waals surface area (Å²) in [4.78, 5) is 31.5. The normalized spacial score (nSPS) is 14.7. The molecule has 7 nitrogen and oxygen atoms in total. The van der Waals surface area contributed by atoms with Crippen molar-refractivity contribution in [2.75, 3.05) is 19.7 Å². The summed E-state index contributed by atoms with van der Waals surface area (Å²) in [5, 5.41) is 5.89. The van der Waals surface area contributed by atoms with Gasteiger partial charge in [0.25, 0.3) is 11.7 Å². The molecule has 11 heteroatoms. The number of halogens is 3. The SMILES string of the molecule is O=C(OCC(=O)N1CCCCCC1)c1nc(-c2cccs2)n(-c2cccc(C(F)(F)F)c2)n1. The molecule has 1 saturated heterocycles. The van der Waals surface area contributed by atoms with Crippen LogP contribution in [0, 0.1) is 0 Å². The summed E-state index contributed by atoms with van der Waals surface area (Å²) < 4.78 is 45.9. The van der Waals surface area contributed by atoms with E-state index in [0.29, 0.717) is 18.0 Å². The number of thiophene rings is 1. The topological polar surface area (TPSA) is 77.3 Å². The highest BCUT2D eigenvalue weighted by Crippen LogP contribution is 2.32. The maximum absolute atomic E-state index is 13.2. The van der Waals surface area contributed by atoms with Crippen molar-refractivity contribution in [2.24, 2.45) is 0 Å². The van der Waals surface area contributed by atoms with Crippen molar-refractivity contribution >= 4 is 23.2 Å². The lowest BCUT2D eigenvalue weighted by Crippen LogP contribution is -2.35. The summed E-state index contributed by atoms with van der Waals surface area (Å²) in [7, 11) is 0. The second kappa shape index (κ2) is 9.74. The van der Waals surface area contributed by atoms with Crippen LogP contribution in [0.1, 0.15) is 41.9 Å². The number of carbonyl (C=O) groups excluding carboxylic acids is 2. The fourth-order valence-electron chi connectivity index (χ4n) is 3.56. The Balaban J connectivity index is 1.57. The molecule has 1 aliphatic rings. The Kier molecular flexibility index (Phi) is 6.77. The number of ether oxygens (including phenoxy) is 1. The van der Waals surface area contributed by atoms with Crippen molar-refractivity contribution < 1.29 is 27.5 Å². The van der Waals surface area contributed by atoms with Crippen LogP contribution in [0.4, 0.5) is 13.2 Å². The zero-order chi connectivity index (χ0) is 23.4. The molecule has 0 unspecified atom stereocenters. The quantitative estimate of drug-likeness (QED) is 0.502. The van der Waals surface area contributed by atoms with Crippen molar-refractivity contribution in [3.8, 4) is 16.4 Å². The fraction of sp³-hybridized carbons (Fsp3) is 0.364. The summed E-state index contributed by atoms with van der Waals surface area (Å²) in [6, 6.07) is 8.06. The Morgan fingerprint density at radius 3 is 2.48 bits per heavy atom. The first-order valence-corrected chi connectivity index (χ1v) is 11.3. The van der Waals surface area contributed by atoms with Gasteiger partial charge in [0.1, 0.15) is 0 Å². The number of hydrogen-bond donors (Lipinski definition) is 0. The minimum absolute atomic E-state index is 0.0976. The van der Waals surface area contributed by atoms with Gasteiger partial charge in [-0.15, -0.1) is 16.4 Å². The largest absolute Gasteiger partial charge is 0.450 e. The number of hydrogen-bond acceptors (Lipinski definition) is 6. The Hall–Kier alpha value is -3.21. The molecule has 33 heavy (non-hydrogen) atoms. The van der Waals surface area contributed by atoms with Gasteiger partial charge < -0.3 is 9.64 Å². The van der Waals surface area contributed by atoms with E-state index >= 15 is 0 Å². The number of amides is 1. The van der Waals surface area contributed by atoms with Crippen molar-refractivity contribution in [1.29, 1.82) is 0 Å². The number of alkyl halides is 3. The first-order valence-electron chi connectivity index (χ1n) is 10.5. The fourth-order valence-corrected chi connectivity index (χ4v) is 4.26. The minimum atomic E-state index is -4.53. The van der Waals surface area contributed by atoms with E-state index in [1.54, 1.807) is 22.4 Å². The van der Waals surface area contributed by atoms with Gasteiger partial charge in [-0.1, -0.05) is 25.0 Å². The molecule has 0 bridgehead atoms. The molecule has 0 N–H and O–H groups in total. The smallest absolute Gasteiger partial charge is 0.416 e. The monoisotopic (exact) mass is 478 g/mol. The van der Waals surface area contributed by atoms with Crippen molar-refractivity contribution in [1.82, 2.24) is 19.7 Å². The lowest BCUT2D eigenvalue weighted by Gasteiger charge is -2.19. The van der Waals surface area contributed by atoms with Crippen molar-refractivity contribution in [3.05, 3.63) is 53.2 Å². The summed E-state index contributed by atoms with van der Waals surface area (Å²) in [6.45, 7) is 0.813. The van der Waals surface area contributed by atoms with Gasteiger partial charge in [0.2, 0.25) is 0 Å². The zero-order valence-electron chi connectivity index (χ0n) is 17.5. The van der Waals surface area contributed by atoms with Gasteiger partial charge in [0.05, 0.1) is 16.1 Å². The number of likely N-dealkylation sites (tertiary alicyclic amines) is 1. The van der Waals surface area contributed by atoms with E-state index in [9.17, 15) is 22.8 Å². The lowest BCUT2D eigenvalue weighted by molar-refractivity contribution is -0.137. The van der Waals surface area contributed by atoms with Gasteiger partial charge in [-0.2, -0.15) is 18.2 Å². The third-order valence-corrected chi connectivity index (χ3v) is 6.10. The third-order valence-electron chi connectivity index (χ3n) is 5.23. The number of nitrogens with zero attached hydrogens (tertiary/aromatic N) is 4. The van der Waals surface area contributed by atoms with Gasteiger partial charge in [-0.25, -0.2) is 9.48 Å². The molecule has 0 spiro atoms. The maximum atomic E-state index is 13.2. The minimum Gasteiger partial charge on any atom is -0.450 e. The first kappa shape index (κ1) is 23.0. The molecule has 0 saturated carbocycles. The van der Waals surface area contributed by atoms with E-state index in [0.717, 1.165) is 37.8 Å². The van der Waals surface area contributed by atoms with E-state index in [2.05, 4.69) is 10.1 Å². The highest BCUT2D eigenvalue weighted by Gasteiger charge is 2.31. The standard InChI is InChI=1S/C22H21F3N4O3S/c23-22(24,25)15-7-5-8-16(13-15)29-20(17-9-6-12-33-17)26-19(27-29)21(31)32-14-18(30)28-10-3-1-2-4-11-28/h5-9,12-13H,1-4,10-11,14H2. The molecular formula is C22H21F3N4O3S. The number of aromatic nitrogens is 3. The van der Waals surface area contributed by atoms with Gasteiger partial charge in [0, 0.05) is 13.1 Å². The molecule has 1 aromatic carbocycles. The van der Waals surface area contributed by atoms with E-state index in [1.807, 2.05) is 0 Å². The van der Waals surface area contributed by atoms with E-state index in [1.165, 1.54) is 28.2 Å². The second-order valence-electron chi connectivity index (χ2n) is 7.57.